The largest absolute Gasteiger partial charge is 0.361 e. The molecule has 0 spiro atoms. The molecule has 0 aliphatic carbocycles. The Balaban J connectivity index is 2.21. The highest BCUT2D eigenvalue weighted by Gasteiger charge is 2.09. The lowest BCUT2D eigenvalue weighted by Crippen LogP contribution is -2.14. The molecule has 1 rings (SSSR count). The Morgan fingerprint density at radius 1 is 1.00 bits per heavy atom. The molecule has 0 bridgehead atoms. The Morgan fingerprint density at radius 3 is 2.15 bits per heavy atom. The van der Waals surface area contributed by atoms with Crippen LogP contribution in [0.1, 0.15) is 78.1 Å². The molecule has 1 N–H and O–H groups in total. The second kappa shape index (κ2) is 12.2. The normalized spacial score (nSPS) is 11.2. The Morgan fingerprint density at radius 2 is 1.65 bits per heavy atom. The predicted molar refractivity (Wildman–Crippen MR) is 91.6 cm³/mol. The van der Waals surface area contributed by atoms with Gasteiger partial charge in [-0.25, -0.2) is 4.98 Å². The van der Waals surface area contributed by atoms with Crippen LogP contribution in [0.15, 0.2) is 11.6 Å². The number of hydrogen-bond donors (Lipinski definition) is 1. The van der Waals surface area contributed by atoms with Gasteiger partial charge in [0.25, 0.3) is 0 Å². The molecule has 1 aromatic rings. The van der Waals surface area contributed by atoms with Crippen molar-refractivity contribution in [1.82, 2.24) is 4.98 Å². The van der Waals surface area contributed by atoms with E-state index in [1.807, 2.05) is 11.6 Å². The molecule has 20 heavy (non-hydrogen) atoms. The number of nitrogens with one attached hydrogen (secondary N) is 1. The first-order valence-corrected chi connectivity index (χ1v) is 9.38. The van der Waals surface area contributed by atoms with Crippen LogP contribution < -0.4 is 5.32 Å². The molecule has 0 amide bonds. The van der Waals surface area contributed by atoms with Crippen LogP contribution >= 0.6 is 11.3 Å². The lowest BCUT2D eigenvalue weighted by atomic mass is 9.94. The third kappa shape index (κ3) is 8.57. The summed E-state index contributed by atoms with van der Waals surface area (Å²) in [5.41, 5.74) is 0. The third-order valence-corrected chi connectivity index (χ3v) is 4.64. The molecule has 3 heteroatoms. The van der Waals surface area contributed by atoms with Crippen molar-refractivity contribution in [2.45, 2.75) is 78.1 Å². The number of thiazole rings is 1. The average Bonchev–Trinajstić information content (AvgIpc) is 2.97. The van der Waals surface area contributed by atoms with Crippen LogP contribution in [0, 0.1) is 5.92 Å². The Kier molecular flexibility index (Phi) is 10.7. The van der Waals surface area contributed by atoms with Crippen LogP contribution in [0.25, 0.3) is 0 Å². The minimum absolute atomic E-state index is 0.826. The van der Waals surface area contributed by atoms with E-state index >= 15 is 0 Å². The highest BCUT2D eigenvalue weighted by atomic mass is 32.1. The van der Waals surface area contributed by atoms with Crippen molar-refractivity contribution in [2.24, 2.45) is 5.92 Å². The zero-order chi connectivity index (χ0) is 14.5. The monoisotopic (exact) mass is 296 g/mol. The summed E-state index contributed by atoms with van der Waals surface area (Å²) in [6.07, 6.45) is 15.7. The van der Waals surface area contributed by atoms with Crippen LogP contribution in [0.2, 0.25) is 0 Å². The van der Waals surface area contributed by atoms with E-state index in [1.165, 1.54) is 64.2 Å². The molecular formula is C17H32N2S. The lowest BCUT2D eigenvalue weighted by molar-refractivity contribution is 0.422. The van der Waals surface area contributed by atoms with E-state index in [1.54, 1.807) is 11.3 Å². The van der Waals surface area contributed by atoms with Gasteiger partial charge in [-0.15, -0.1) is 11.3 Å². The lowest BCUT2D eigenvalue weighted by Gasteiger charge is -2.17. The van der Waals surface area contributed by atoms with E-state index in [2.05, 4.69) is 24.1 Å². The van der Waals surface area contributed by atoms with Crippen LogP contribution in [-0.4, -0.2) is 11.5 Å². The second-order valence-corrected chi connectivity index (χ2v) is 6.68. The SMILES string of the molecule is CCCCCCC(CCCCCC)CNc1nccs1. The Hall–Kier alpha value is -0.570. The van der Waals surface area contributed by atoms with Crippen molar-refractivity contribution in [3.8, 4) is 0 Å². The molecule has 1 aromatic heterocycles. The molecule has 1 heterocycles. The molecule has 0 aliphatic rings. The Bertz CT molecular complexity index is 286. The van der Waals surface area contributed by atoms with Crippen molar-refractivity contribution in [1.29, 1.82) is 0 Å². The minimum atomic E-state index is 0.826. The third-order valence-electron chi connectivity index (χ3n) is 3.91. The van der Waals surface area contributed by atoms with Gasteiger partial charge in [0.1, 0.15) is 0 Å². The molecule has 0 saturated heterocycles. The standard InChI is InChI=1S/C17H32N2S/c1-3-5-7-9-11-16(12-10-8-6-4-2)15-19-17-18-13-14-20-17/h13-14,16H,3-12,15H2,1-2H3,(H,18,19). The van der Waals surface area contributed by atoms with Crippen LogP contribution in [-0.2, 0) is 0 Å². The summed E-state index contributed by atoms with van der Waals surface area (Å²) >= 11 is 1.71. The van der Waals surface area contributed by atoms with Gasteiger partial charge in [0.2, 0.25) is 0 Å². The summed E-state index contributed by atoms with van der Waals surface area (Å²) in [4.78, 5) is 4.32. The van der Waals surface area contributed by atoms with Crippen molar-refractivity contribution in [3.05, 3.63) is 11.6 Å². The summed E-state index contributed by atoms with van der Waals surface area (Å²) in [6.45, 7) is 5.67. The van der Waals surface area contributed by atoms with E-state index in [0.717, 1.165) is 17.6 Å². The summed E-state index contributed by atoms with van der Waals surface area (Å²) in [7, 11) is 0. The maximum atomic E-state index is 4.32. The number of unbranched alkanes of at least 4 members (excludes halogenated alkanes) is 6. The zero-order valence-corrected chi connectivity index (χ0v) is 14.2. The average molecular weight is 297 g/mol. The molecule has 0 saturated carbocycles. The smallest absolute Gasteiger partial charge is 0.182 e. The van der Waals surface area contributed by atoms with Crippen LogP contribution in [0.4, 0.5) is 5.13 Å². The number of nitrogens with zero attached hydrogens (tertiary/aromatic N) is 1. The van der Waals surface area contributed by atoms with Gasteiger partial charge in [0.15, 0.2) is 5.13 Å². The molecule has 0 fully saturated rings. The van der Waals surface area contributed by atoms with Gasteiger partial charge in [-0.1, -0.05) is 65.2 Å². The van der Waals surface area contributed by atoms with Gasteiger partial charge < -0.3 is 5.32 Å². The maximum absolute atomic E-state index is 4.32. The minimum Gasteiger partial charge on any atom is -0.361 e. The molecule has 0 aliphatic heterocycles. The first-order chi connectivity index (χ1) is 9.86. The summed E-state index contributed by atoms with van der Waals surface area (Å²) in [5, 5.41) is 6.64. The van der Waals surface area contributed by atoms with Gasteiger partial charge in [-0.05, 0) is 18.8 Å². The first-order valence-electron chi connectivity index (χ1n) is 8.50. The fourth-order valence-electron chi connectivity index (χ4n) is 2.61. The van der Waals surface area contributed by atoms with Crippen LogP contribution in [0.5, 0.6) is 0 Å². The Labute approximate surface area is 129 Å². The molecule has 0 unspecified atom stereocenters. The van der Waals surface area contributed by atoms with E-state index in [9.17, 15) is 0 Å². The number of hydrogen-bond acceptors (Lipinski definition) is 3. The van der Waals surface area contributed by atoms with Crippen molar-refractivity contribution >= 4 is 16.5 Å². The number of rotatable bonds is 13. The molecule has 2 nitrogen and oxygen atoms in total. The van der Waals surface area contributed by atoms with E-state index in [4.69, 9.17) is 0 Å². The number of anilines is 1. The zero-order valence-electron chi connectivity index (χ0n) is 13.4. The quantitative estimate of drug-likeness (QED) is 0.444. The van der Waals surface area contributed by atoms with Gasteiger partial charge in [-0.2, -0.15) is 0 Å². The van der Waals surface area contributed by atoms with Crippen molar-refractivity contribution in [2.75, 3.05) is 11.9 Å². The molecule has 0 radical (unpaired) electrons. The van der Waals surface area contributed by atoms with E-state index in [-0.39, 0.29) is 0 Å². The van der Waals surface area contributed by atoms with Crippen LogP contribution in [0.3, 0.4) is 0 Å². The fourth-order valence-corrected chi connectivity index (χ4v) is 3.15. The maximum Gasteiger partial charge on any atom is 0.182 e. The highest BCUT2D eigenvalue weighted by molar-refractivity contribution is 7.13. The summed E-state index contributed by atoms with van der Waals surface area (Å²) in [6, 6.07) is 0. The van der Waals surface area contributed by atoms with Crippen molar-refractivity contribution < 1.29 is 0 Å². The first kappa shape index (κ1) is 17.5. The molecular weight excluding hydrogens is 264 g/mol. The second-order valence-electron chi connectivity index (χ2n) is 5.78. The topological polar surface area (TPSA) is 24.9 Å². The predicted octanol–water partition coefficient (Wildman–Crippen LogP) is 6.11. The van der Waals surface area contributed by atoms with Gasteiger partial charge >= 0.3 is 0 Å². The fraction of sp³-hybridized carbons (Fsp3) is 0.824. The van der Waals surface area contributed by atoms with Gasteiger partial charge in [0, 0.05) is 18.1 Å². The van der Waals surface area contributed by atoms with Crippen molar-refractivity contribution in [3.63, 3.8) is 0 Å². The highest BCUT2D eigenvalue weighted by Crippen LogP contribution is 2.20. The van der Waals surface area contributed by atoms with E-state index in [0.29, 0.717) is 0 Å². The summed E-state index contributed by atoms with van der Waals surface area (Å²) in [5.74, 6) is 0.826. The molecule has 116 valence electrons. The number of aromatic nitrogens is 1. The van der Waals surface area contributed by atoms with Gasteiger partial charge in [0.05, 0.1) is 0 Å². The van der Waals surface area contributed by atoms with E-state index < -0.39 is 0 Å². The molecule has 0 atom stereocenters. The molecule has 0 aromatic carbocycles. The van der Waals surface area contributed by atoms with Gasteiger partial charge in [-0.3, -0.25) is 0 Å². The summed E-state index contributed by atoms with van der Waals surface area (Å²) < 4.78 is 0.